The largest absolute Gasteiger partial charge is 0.573 e. The number of nitrogens with zero attached hydrogens (tertiary/aromatic N) is 1. The average Bonchev–Trinajstić information content (AvgIpc) is 3.00. The molecule has 1 aromatic heterocycles. The van der Waals surface area contributed by atoms with E-state index in [1.807, 2.05) is 0 Å². The number of esters is 1. The number of nitrogens with one attached hydrogen (secondary N) is 1. The van der Waals surface area contributed by atoms with Crippen molar-refractivity contribution in [3.05, 3.63) is 60.3 Å². The Hall–Kier alpha value is -3.49. The molecule has 2 aromatic carbocycles. The normalized spacial score (nSPS) is 11.3. The number of carbonyl (C=O) groups excluding carboxylic acids is 2. The van der Waals surface area contributed by atoms with Crippen LogP contribution in [0.25, 0.3) is 10.9 Å². The summed E-state index contributed by atoms with van der Waals surface area (Å²) in [4.78, 5) is 24.3. The Balaban J connectivity index is 1.84. The highest BCUT2D eigenvalue weighted by Gasteiger charge is 2.32. The van der Waals surface area contributed by atoms with Gasteiger partial charge in [0.1, 0.15) is 6.54 Å². The molecule has 0 saturated heterocycles. The highest BCUT2D eigenvalue weighted by molar-refractivity contribution is 6.05. The van der Waals surface area contributed by atoms with E-state index in [9.17, 15) is 22.8 Å². The number of amides is 1. The summed E-state index contributed by atoms with van der Waals surface area (Å²) in [7, 11) is 1.25. The molecule has 0 radical (unpaired) electrons. The van der Waals surface area contributed by atoms with E-state index in [0.29, 0.717) is 10.9 Å². The number of carbonyl (C=O) groups is 2. The maximum Gasteiger partial charge on any atom is 0.573 e. The van der Waals surface area contributed by atoms with E-state index < -0.39 is 24.0 Å². The van der Waals surface area contributed by atoms with Gasteiger partial charge in [0, 0.05) is 17.1 Å². The molecule has 0 aliphatic rings. The zero-order valence-electron chi connectivity index (χ0n) is 14.6. The number of hydrogen-bond donors (Lipinski definition) is 1. The van der Waals surface area contributed by atoms with Gasteiger partial charge >= 0.3 is 12.3 Å². The molecule has 1 N–H and O–H groups in total. The van der Waals surface area contributed by atoms with Crippen molar-refractivity contribution >= 4 is 28.5 Å². The van der Waals surface area contributed by atoms with Gasteiger partial charge in [-0.15, -0.1) is 13.2 Å². The number of fused-ring (bicyclic) bond motifs is 1. The Kier molecular flexibility index (Phi) is 5.25. The molecule has 0 aliphatic carbocycles. The Morgan fingerprint density at radius 2 is 1.75 bits per heavy atom. The molecular formula is C19H15F3N2O4. The van der Waals surface area contributed by atoms with Crippen LogP contribution in [-0.4, -0.2) is 29.9 Å². The van der Waals surface area contributed by atoms with E-state index in [0.717, 1.165) is 6.07 Å². The Morgan fingerprint density at radius 3 is 2.46 bits per heavy atom. The molecule has 1 heterocycles. The molecule has 3 rings (SSSR count). The average molecular weight is 392 g/mol. The molecule has 0 fully saturated rings. The predicted octanol–water partition coefficient (Wildman–Crippen LogP) is 3.97. The summed E-state index contributed by atoms with van der Waals surface area (Å²) >= 11 is 0. The van der Waals surface area contributed by atoms with Crippen LogP contribution in [0.4, 0.5) is 18.9 Å². The summed E-state index contributed by atoms with van der Waals surface area (Å²) in [6.45, 7) is -0.224. The van der Waals surface area contributed by atoms with Gasteiger partial charge in [-0.25, -0.2) is 4.79 Å². The van der Waals surface area contributed by atoms with Crippen LogP contribution in [0, 0.1) is 0 Å². The molecule has 28 heavy (non-hydrogen) atoms. The van der Waals surface area contributed by atoms with E-state index in [2.05, 4.69) is 10.1 Å². The fourth-order valence-corrected chi connectivity index (χ4v) is 2.78. The van der Waals surface area contributed by atoms with E-state index in [1.54, 1.807) is 24.3 Å². The molecule has 0 saturated carbocycles. The number of halogens is 3. The van der Waals surface area contributed by atoms with E-state index in [-0.39, 0.29) is 17.8 Å². The smallest absolute Gasteiger partial charge is 0.465 e. The third-order valence-electron chi connectivity index (χ3n) is 3.89. The van der Waals surface area contributed by atoms with Gasteiger partial charge in [0.05, 0.1) is 18.4 Å². The molecular weight excluding hydrogens is 377 g/mol. The first-order chi connectivity index (χ1) is 13.3. The fourth-order valence-electron chi connectivity index (χ4n) is 2.78. The van der Waals surface area contributed by atoms with Crippen molar-refractivity contribution in [3.8, 4) is 5.75 Å². The van der Waals surface area contributed by atoms with Crippen LogP contribution in [0.1, 0.15) is 10.4 Å². The number of methoxy groups -OCH3 is 1. The van der Waals surface area contributed by atoms with Crippen LogP contribution in [0.3, 0.4) is 0 Å². The van der Waals surface area contributed by atoms with Gasteiger partial charge in [-0.1, -0.05) is 30.3 Å². The van der Waals surface area contributed by atoms with Gasteiger partial charge in [-0.05, 0) is 18.2 Å². The number of anilines is 1. The van der Waals surface area contributed by atoms with Gasteiger partial charge in [0.2, 0.25) is 5.91 Å². The molecule has 0 atom stereocenters. The first kappa shape index (κ1) is 19.3. The quantitative estimate of drug-likeness (QED) is 0.668. The molecule has 0 bridgehead atoms. The van der Waals surface area contributed by atoms with Gasteiger partial charge in [-0.2, -0.15) is 0 Å². The van der Waals surface area contributed by atoms with Crippen LogP contribution in [0.5, 0.6) is 5.75 Å². The number of benzene rings is 2. The second-order valence-electron chi connectivity index (χ2n) is 5.77. The van der Waals surface area contributed by atoms with E-state index in [4.69, 9.17) is 4.74 Å². The standard InChI is InChI=1S/C19H15F3N2O4/c1-27-18(26)13-10-24(15-8-4-2-6-12(13)15)11-17(25)23-14-7-3-5-9-16(14)28-19(20,21)22/h2-10H,11H2,1H3,(H,23,25). The molecule has 3 aromatic rings. The zero-order chi connectivity index (χ0) is 20.3. The van der Waals surface area contributed by atoms with Crippen LogP contribution in [0.15, 0.2) is 54.7 Å². The van der Waals surface area contributed by atoms with Crippen molar-refractivity contribution < 1.29 is 32.2 Å². The monoisotopic (exact) mass is 392 g/mol. The molecule has 0 spiro atoms. The van der Waals surface area contributed by atoms with Crippen molar-refractivity contribution in [3.63, 3.8) is 0 Å². The van der Waals surface area contributed by atoms with Crippen molar-refractivity contribution in [2.75, 3.05) is 12.4 Å². The van der Waals surface area contributed by atoms with Crippen molar-refractivity contribution in [2.45, 2.75) is 12.9 Å². The molecule has 6 nitrogen and oxygen atoms in total. The Morgan fingerprint density at radius 1 is 1.07 bits per heavy atom. The lowest BCUT2D eigenvalue weighted by molar-refractivity contribution is -0.274. The number of para-hydroxylation sites is 3. The second kappa shape index (κ2) is 7.63. The summed E-state index contributed by atoms with van der Waals surface area (Å²) in [6, 6.07) is 12.1. The molecule has 146 valence electrons. The van der Waals surface area contributed by atoms with Crippen molar-refractivity contribution in [2.24, 2.45) is 0 Å². The predicted molar refractivity (Wildman–Crippen MR) is 95.0 cm³/mol. The Labute approximate surface area is 157 Å². The number of aromatic nitrogens is 1. The SMILES string of the molecule is COC(=O)c1cn(CC(=O)Nc2ccccc2OC(F)(F)F)c2ccccc12. The minimum absolute atomic E-state index is 0.116. The molecule has 0 aliphatic heterocycles. The number of alkyl halides is 3. The lowest BCUT2D eigenvalue weighted by atomic mass is 10.2. The number of hydrogen-bond acceptors (Lipinski definition) is 4. The van der Waals surface area contributed by atoms with Gasteiger partial charge < -0.3 is 19.4 Å². The highest BCUT2D eigenvalue weighted by Crippen LogP contribution is 2.30. The van der Waals surface area contributed by atoms with Gasteiger partial charge in [0.15, 0.2) is 5.75 Å². The summed E-state index contributed by atoms with van der Waals surface area (Å²) < 4.78 is 47.7. The number of rotatable bonds is 5. The van der Waals surface area contributed by atoms with Gasteiger partial charge in [0.25, 0.3) is 0 Å². The third-order valence-corrected chi connectivity index (χ3v) is 3.89. The van der Waals surface area contributed by atoms with Crippen LogP contribution in [-0.2, 0) is 16.1 Å². The number of ether oxygens (including phenoxy) is 2. The first-order valence-corrected chi connectivity index (χ1v) is 8.09. The summed E-state index contributed by atoms with van der Waals surface area (Å²) in [6.07, 6.45) is -3.42. The molecule has 1 amide bonds. The zero-order valence-corrected chi connectivity index (χ0v) is 14.6. The summed E-state index contributed by atoms with van der Waals surface area (Å²) in [5.74, 6) is -1.66. The lowest BCUT2D eigenvalue weighted by Crippen LogP contribution is -2.21. The van der Waals surface area contributed by atoms with Crippen molar-refractivity contribution in [1.82, 2.24) is 4.57 Å². The van der Waals surface area contributed by atoms with Gasteiger partial charge in [-0.3, -0.25) is 4.79 Å². The molecule has 0 unspecified atom stereocenters. The van der Waals surface area contributed by atoms with E-state index in [1.165, 1.54) is 36.1 Å². The topological polar surface area (TPSA) is 69.6 Å². The first-order valence-electron chi connectivity index (χ1n) is 8.09. The summed E-state index contributed by atoms with van der Waals surface area (Å²) in [5, 5.41) is 3.00. The van der Waals surface area contributed by atoms with Crippen molar-refractivity contribution in [1.29, 1.82) is 0 Å². The third kappa shape index (κ3) is 4.25. The Bertz CT molecular complexity index is 1030. The van der Waals surface area contributed by atoms with Crippen LogP contribution in [0.2, 0.25) is 0 Å². The summed E-state index contributed by atoms with van der Waals surface area (Å²) in [5.41, 5.74) is 0.777. The minimum Gasteiger partial charge on any atom is -0.465 e. The second-order valence-corrected chi connectivity index (χ2v) is 5.77. The maximum atomic E-state index is 12.5. The highest BCUT2D eigenvalue weighted by atomic mass is 19.4. The van der Waals surface area contributed by atoms with Crippen LogP contribution >= 0.6 is 0 Å². The van der Waals surface area contributed by atoms with Crippen LogP contribution < -0.4 is 10.1 Å². The maximum absolute atomic E-state index is 12.5. The fraction of sp³-hybridized carbons (Fsp3) is 0.158. The lowest BCUT2D eigenvalue weighted by Gasteiger charge is -2.14. The minimum atomic E-state index is -4.88. The molecule has 9 heteroatoms. The van der Waals surface area contributed by atoms with E-state index >= 15 is 0 Å².